The molecule has 0 bridgehead atoms. The van der Waals surface area contributed by atoms with E-state index in [1.807, 2.05) is 19.1 Å². The quantitative estimate of drug-likeness (QED) is 0.680. The average Bonchev–Trinajstić information content (AvgIpc) is 2.31. The topological polar surface area (TPSA) is 21.3 Å². The first-order chi connectivity index (χ1) is 7.86. The lowest BCUT2D eigenvalue weighted by Crippen LogP contribution is -2.14. The van der Waals surface area contributed by atoms with Crippen LogP contribution in [0.1, 0.15) is 38.7 Å². The first-order valence-corrected chi connectivity index (χ1v) is 6.29. The first kappa shape index (κ1) is 13.0. The zero-order chi connectivity index (χ0) is 11.6. The van der Waals surface area contributed by atoms with Crippen molar-refractivity contribution >= 4 is 0 Å². The van der Waals surface area contributed by atoms with E-state index >= 15 is 0 Å². The van der Waals surface area contributed by atoms with Gasteiger partial charge in [-0.2, -0.15) is 0 Å². The van der Waals surface area contributed by atoms with E-state index in [4.69, 9.17) is 4.74 Å². The van der Waals surface area contributed by atoms with E-state index in [0.29, 0.717) is 0 Å². The Morgan fingerprint density at radius 1 is 1.06 bits per heavy atom. The third kappa shape index (κ3) is 5.17. The molecule has 0 radical (unpaired) electrons. The normalized spacial score (nSPS) is 10.4. The number of hydrogen-bond acceptors (Lipinski definition) is 2. The van der Waals surface area contributed by atoms with Crippen LogP contribution >= 0.6 is 0 Å². The summed E-state index contributed by atoms with van der Waals surface area (Å²) in [5, 5.41) is 3.45. The highest BCUT2D eigenvalue weighted by atomic mass is 16.5. The fraction of sp³-hybridized carbons (Fsp3) is 0.571. The predicted octanol–water partition coefficient (Wildman–Crippen LogP) is 3.37. The highest BCUT2D eigenvalue weighted by Crippen LogP contribution is 2.11. The van der Waals surface area contributed by atoms with Gasteiger partial charge in [0.15, 0.2) is 0 Å². The van der Waals surface area contributed by atoms with Gasteiger partial charge in [0.25, 0.3) is 0 Å². The van der Waals surface area contributed by atoms with Crippen molar-refractivity contribution in [1.82, 2.24) is 5.32 Å². The van der Waals surface area contributed by atoms with E-state index < -0.39 is 0 Å². The van der Waals surface area contributed by atoms with Crippen LogP contribution in [0.5, 0.6) is 5.75 Å². The monoisotopic (exact) mass is 221 g/mol. The van der Waals surface area contributed by atoms with E-state index in [-0.39, 0.29) is 0 Å². The zero-order valence-electron chi connectivity index (χ0n) is 10.5. The standard InChI is InChI=1S/C14H23NO/c1-3-5-6-11-15-12-13-7-9-14(10-8-13)16-4-2/h7-10,15H,3-6,11-12H2,1-2H3. The van der Waals surface area contributed by atoms with Crippen LogP contribution < -0.4 is 10.1 Å². The predicted molar refractivity (Wildman–Crippen MR) is 68.8 cm³/mol. The van der Waals surface area contributed by atoms with Crippen LogP contribution in [0.15, 0.2) is 24.3 Å². The SMILES string of the molecule is CCCCCNCc1ccc(OCC)cc1. The van der Waals surface area contributed by atoms with E-state index in [1.165, 1.54) is 24.8 Å². The second-order valence-corrected chi connectivity index (χ2v) is 3.96. The lowest BCUT2D eigenvalue weighted by atomic mass is 10.2. The molecule has 0 aliphatic heterocycles. The van der Waals surface area contributed by atoms with Gasteiger partial charge >= 0.3 is 0 Å². The fourth-order valence-corrected chi connectivity index (χ4v) is 1.60. The van der Waals surface area contributed by atoms with Gasteiger partial charge in [-0.05, 0) is 37.6 Å². The van der Waals surface area contributed by atoms with Crippen molar-refractivity contribution in [2.45, 2.75) is 39.7 Å². The van der Waals surface area contributed by atoms with E-state index in [1.54, 1.807) is 0 Å². The maximum absolute atomic E-state index is 5.40. The Hall–Kier alpha value is -1.02. The Balaban J connectivity index is 2.21. The molecule has 0 saturated carbocycles. The molecule has 0 fully saturated rings. The zero-order valence-corrected chi connectivity index (χ0v) is 10.5. The van der Waals surface area contributed by atoms with Gasteiger partial charge in [0, 0.05) is 6.54 Å². The molecule has 0 spiro atoms. The summed E-state index contributed by atoms with van der Waals surface area (Å²) >= 11 is 0. The summed E-state index contributed by atoms with van der Waals surface area (Å²) in [6.07, 6.45) is 3.87. The smallest absolute Gasteiger partial charge is 0.119 e. The van der Waals surface area contributed by atoms with Crippen molar-refractivity contribution in [1.29, 1.82) is 0 Å². The molecular weight excluding hydrogens is 198 g/mol. The van der Waals surface area contributed by atoms with E-state index in [2.05, 4.69) is 24.4 Å². The maximum Gasteiger partial charge on any atom is 0.119 e. The number of nitrogens with one attached hydrogen (secondary N) is 1. The van der Waals surface area contributed by atoms with Gasteiger partial charge in [-0.25, -0.2) is 0 Å². The molecule has 2 heteroatoms. The van der Waals surface area contributed by atoms with Gasteiger partial charge in [0.1, 0.15) is 5.75 Å². The molecule has 90 valence electrons. The van der Waals surface area contributed by atoms with E-state index in [0.717, 1.165) is 25.4 Å². The molecule has 0 unspecified atom stereocenters. The largest absolute Gasteiger partial charge is 0.494 e. The first-order valence-electron chi connectivity index (χ1n) is 6.29. The molecule has 0 heterocycles. The molecule has 1 N–H and O–H groups in total. The molecule has 16 heavy (non-hydrogen) atoms. The Labute approximate surface area is 99.0 Å². The third-order valence-corrected chi connectivity index (χ3v) is 2.52. The number of rotatable bonds is 8. The molecule has 1 rings (SSSR count). The Kier molecular flexibility index (Phi) is 6.66. The van der Waals surface area contributed by atoms with Crippen LogP contribution in [0.25, 0.3) is 0 Å². The van der Waals surface area contributed by atoms with Crippen LogP contribution in [-0.4, -0.2) is 13.2 Å². The van der Waals surface area contributed by atoms with Crippen LogP contribution in [0.4, 0.5) is 0 Å². The van der Waals surface area contributed by atoms with E-state index in [9.17, 15) is 0 Å². The molecule has 0 saturated heterocycles. The highest BCUT2D eigenvalue weighted by Gasteiger charge is 1.94. The highest BCUT2D eigenvalue weighted by molar-refractivity contribution is 5.27. The average molecular weight is 221 g/mol. The van der Waals surface area contributed by atoms with Crippen molar-refractivity contribution in [3.8, 4) is 5.75 Å². The van der Waals surface area contributed by atoms with Crippen molar-refractivity contribution < 1.29 is 4.74 Å². The minimum atomic E-state index is 0.731. The second-order valence-electron chi connectivity index (χ2n) is 3.96. The van der Waals surface area contributed by atoms with Crippen LogP contribution in [-0.2, 0) is 6.54 Å². The number of hydrogen-bond donors (Lipinski definition) is 1. The minimum absolute atomic E-state index is 0.731. The Morgan fingerprint density at radius 3 is 2.44 bits per heavy atom. The van der Waals surface area contributed by atoms with Crippen molar-refractivity contribution in [3.05, 3.63) is 29.8 Å². The Morgan fingerprint density at radius 2 is 1.81 bits per heavy atom. The maximum atomic E-state index is 5.40. The van der Waals surface area contributed by atoms with Crippen LogP contribution in [0, 0.1) is 0 Å². The number of unbranched alkanes of at least 4 members (excludes halogenated alkanes) is 2. The fourth-order valence-electron chi connectivity index (χ4n) is 1.60. The number of ether oxygens (including phenoxy) is 1. The molecular formula is C14H23NO. The summed E-state index contributed by atoms with van der Waals surface area (Å²) in [5.41, 5.74) is 1.32. The van der Waals surface area contributed by atoms with Crippen LogP contribution in [0.2, 0.25) is 0 Å². The van der Waals surface area contributed by atoms with Gasteiger partial charge in [-0.1, -0.05) is 31.9 Å². The summed E-state index contributed by atoms with van der Waals surface area (Å²) in [5.74, 6) is 0.956. The summed E-state index contributed by atoms with van der Waals surface area (Å²) in [7, 11) is 0. The lowest BCUT2D eigenvalue weighted by Gasteiger charge is -2.06. The molecule has 2 nitrogen and oxygen atoms in total. The molecule has 1 aromatic carbocycles. The van der Waals surface area contributed by atoms with Gasteiger partial charge in [-0.15, -0.1) is 0 Å². The lowest BCUT2D eigenvalue weighted by molar-refractivity contribution is 0.340. The van der Waals surface area contributed by atoms with Crippen molar-refractivity contribution in [2.75, 3.05) is 13.2 Å². The van der Waals surface area contributed by atoms with Gasteiger partial charge < -0.3 is 10.1 Å². The summed E-state index contributed by atoms with van der Waals surface area (Å²) < 4.78 is 5.40. The molecule has 0 atom stereocenters. The molecule has 0 amide bonds. The number of benzene rings is 1. The molecule has 0 aromatic heterocycles. The van der Waals surface area contributed by atoms with Crippen molar-refractivity contribution in [3.63, 3.8) is 0 Å². The minimum Gasteiger partial charge on any atom is -0.494 e. The Bertz CT molecular complexity index is 269. The molecule has 1 aromatic rings. The van der Waals surface area contributed by atoms with Gasteiger partial charge in [0.2, 0.25) is 0 Å². The second kappa shape index (κ2) is 8.17. The van der Waals surface area contributed by atoms with Crippen LogP contribution in [0.3, 0.4) is 0 Å². The van der Waals surface area contributed by atoms with Crippen molar-refractivity contribution in [2.24, 2.45) is 0 Å². The molecule has 0 aliphatic rings. The van der Waals surface area contributed by atoms with Gasteiger partial charge in [-0.3, -0.25) is 0 Å². The summed E-state index contributed by atoms with van der Waals surface area (Å²) in [4.78, 5) is 0. The summed E-state index contributed by atoms with van der Waals surface area (Å²) in [6.45, 7) is 7.03. The summed E-state index contributed by atoms with van der Waals surface area (Å²) in [6, 6.07) is 8.31. The molecule has 0 aliphatic carbocycles. The third-order valence-electron chi connectivity index (χ3n) is 2.52. The van der Waals surface area contributed by atoms with Gasteiger partial charge in [0.05, 0.1) is 6.61 Å².